The molecule has 0 bridgehead atoms. The standard InChI is InChI=1S/C13H20N2O2/c1-6-11-12(8(2)3)13(10(5)17)14-15(11)7-9(4)16/h8,17H,5-7H2,1-4H3. The normalized spacial score (nSPS) is 10.9. The van der Waals surface area contributed by atoms with Gasteiger partial charge in [0.25, 0.3) is 0 Å². The molecule has 17 heavy (non-hydrogen) atoms. The number of rotatable bonds is 5. The van der Waals surface area contributed by atoms with E-state index < -0.39 is 0 Å². The monoisotopic (exact) mass is 236 g/mol. The van der Waals surface area contributed by atoms with Crippen LogP contribution >= 0.6 is 0 Å². The van der Waals surface area contributed by atoms with Crippen LogP contribution in [0.3, 0.4) is 0 Å². The van der Waals surface area contributed by atoms with Crippen LogP contribution in [0.15, 0.2) is 6.58 Å². The van der Waals surface area contributed by atoms with Crippen molar-refractivity contribution in [2.24, 2.45) is 0 Å². The topological polar surface area (TPSA) is 55.1 Å². The van der Waals surface area contributed by atoms with Crippen molar-refractivity contribution >= 4 is 11.5 Å². The molecule has 4 nitrogen and oxygen atoms in total. The number of aliphatic hydroxyl groups is 1. The third kappa shape index (κ3) is 2.75. The van der Waals surface area contributed by atoms with Crippen molar-refractivity contribution in [3.8, 4) is 0 Å². The molecular weight excluding hydrogens is 216 g/mol. The summed E-state index contributed by atoms with van der Waals surface area (Å²) in [6.45, 7) is 11.4. The molecule has 0 saturated carbocycles. The van der Waals surface area contributed by atoms with E-state index >= 15 is 0 Å². The fourth-order valence-electron chi connectivity index (χ4n) is 2.05. The molecule has 1 aromatic heterocycles. The Bertz CT molecular complexity index is 445. The highest BCUT2D eigenvalue weighted by Crippen LogP contribution is 2.27. The zero-order chi connectivity index (χ0) is 13.2. The Morgan fingerprint density at radius 1 is 1.53 bits per heavy atom. The first-order valence-corrected chi connectivity index (χ1v) is 5.85. The quantitative estimate of drug-likeness (QED) is 0.800. The molecule has 0 amide bonds. The number of hydrogen-bond donors (Lipinski definition) is 1. The minimum absolute atomic E-state index is 0.0364. The Hall–Kier alpha value is -1.58. The lowest BCUT2D eigenvalue weighted by Crippen LogP contribution is -2.11. The Labute approximate surface area is 102 Å². The molecule has 1 N–H and O–H groups in total. The van der Waals surface area contributed by atoms with Gasteiger partial charge in [-0.3, -0.25) is 9.48 Å². The van der Waals surface area contributed by atoms with Crippen LogP contribution in [-0.4, -0.2) is 20.7 Å². The Balaban J connectivity index is 3.37. The molecule has 0 radical (unpaired) electrons. The molecule has 0 aliphatic rings. The van der Waals surface area contributed by atoms with Gasteiger partial charge in [-0.05, 0) is 19.3 Å². The minimum Gasteiger partial charge on any atom is -0.506 e. The van der Waals surface area contributed by atoms with E-state index in [2.05, 4.69) is 11.7 Å². The van der Waals surface area contributed by atoms with Gasteiger partial charge in [0.1, 0.15) is 11.5 Å². The molecule has 0 aliphatic carbocycles. The second-order valence-corrected chi connectivity index (χ2v) is 4.52. The van der Waals surface area contributed by atoms with Crippen LogP contribution in [0.4, 0.5) is 0 Å². The second kappa shape index (κ2) is 5.17. The third-order valence-electron chi connectivity index (χ3n) is 2.66. The molecule has 0 aromatic carbocycles. The van der Waals surface area contributed by atoms with E-state index in [1.807, 2.05) is 20.8 Å². The molecule has 0 unspecified atom stereocenters. The van der Waals surface area contributed by atoms with Crippen molar-refractivity contribution < 1.29 is 9.90 Å². The van der Waals surface area contributed by atoms with Gasteiger partial charge in [-0.2, -0.15) is 5.10 Å². The van der Waals surface area contributed by atoms with Gasteiger partial charge in [-0.15, -0.1) is 0 Å². The molecule has 0 aliphatic heterocycles. The first kappa shape index (κ1) is 13.5. The van der Waals surface area contributed by atoms with Gasteiger partial charge in [-0.1, -0.05) is 27.4 Å². The fourth-order valence-corrected chi connectivity index (χ4v) is 2.05. The van der Waals surface area contributed by atoms with E-state index in [0.29, 0.717) is 5.69 Å². The number of aromatic nitrogens is 2. The van der Waals surface area contributed by atoms with Crippen LogP contribution in [0.5, 0.6) is 0 Å². The van der Waals surface area contributed by atoms with Crippen LogP contribution in [0.2, 0.25) is 0 Å². The molecular formula is C13H20N2O2. The lowest BCUT2D eigenvalue weighted by molar-refractivity contribution is -0.117. The highest BCUT2D eigenvalue weighted by molar-refractivity contribution is 5.75. The van der Waals surface area contributed by atoms with Crippen LogP contribution in [-0.2, 0) is 17.8 Å². The minimum atomic E-state index is -0.0364. The van der Waals surface area contributed by atoms with Crippen LogP contribution in [0.1, 0.15) is 50.6 Å². The van der Waals surface area contributed by atoms with Gasteiger partial charge in [0.15, 0.2) is 5.78 Å². The summed E-state index contributed by atoms with van der Waals surface area (Å²) >= 11 is 0. The van der Waals surface area contributed by atoms with Crippen molar-refractivity contribution in [1.29, 1.82) is 0 Å². The molecule has 1 heterocycles. The van der Waals surface area contributed by atoms with E-state index in [-0.39, 0.29) is 24.0 Å². The molecule has 94 valence electrons. The average molecular weight is 236 g/mol. The highest BCUT2D eigenvalue weighted by atomic mass is 16.3. The van der Waals surface area contributed by atoms with Gasteiger partial charge in [0.2, 0.25) is 0 Å². The first-order valence-electron chi connectivity index (χ1n) is 5.85. The van der Waals surface area contributed by atoms with Crippen molar-refractivity contribution in [2.75, 3.05) is 0 Å². The van der Waals surface area contributed by atoms with Gasteiger partial charge in [-0.25, -0.2) is 0 Å². The third-order valence-corrected chi connectivity index (χ3v) is 2.66. The first-order chi connectivity index (χ1) is 7.88. The molecule has 0 spiro atoms. The van der Waals surface area contributed by atoms with Gasteiger partial charge in [0, 0.05) is 11.3 Å². The zero-order valence-electron chi connectivity index (χ0n) is 10.9. The summed E-state index contributed by atoms with van der Waals surface area (Å²) in [7, 11) is 0. The van der Waals surface area contributed by atoms with Crippen molar-refractivity contribution in [3.63, 3.8) is 0 Å². The molecule has 0 fully saturated rings. The predicted octanol–water partition coefficient (Wildman–Crippen LogP) is 2.69. The lowest BCUT2D eigenvalue weighted by atomic mass is 9.98. The summed E-state index contributed by atoms with van der Waals surface area (Å²) in [5.74, 6) is 0.253. The predicted molar refractivity (Wildman–Crippen MR) is 68.0 cm³/mol. The van der Waals surface area contributed by atoms with Crippen molar-refractivity contribution in [1.82, 2.24) is 9.78 Å². The van der Waals surface area contributed by atoms with E-state index in [0.717, 1.165) is 17.7 Å². The fraction of sp³-hybridized carbons (Fsp3) is 0.538. The van der Waals surface area contributed by atoms with Gasteiger partial charge < -0.3 is 5.11 Å². The number of nitrogens with zero attached hydrogens (tertiary/aromatic N) is 2. The van der Waals surface area contributed by atoms with E-state index in [1.54, 1.807) is 4.68 Å². The molecule has 1 rings (SSSR count). The Morgan fingerprint density at radius 3 is 2.47 bits per heavy atom. The number of hydrogen-bond acceptors (Lipinski definition) is 3. The summed E-state index contributed by atoms with van der Waals surface area (Å²) in [5.41, 5.74) is 2.50. The largest absolute Gasteiger partial charge is 0.506 e. The molecule has 4 heteroatoms. The second-order valence-electron chi connectivity index (χ2n) is 4.52. The number of aliphatic hydroxyl groups excluding tert-OH is 1. The number of Topliss-reactive ketones (excluding diaryl/α,β-unsaturated/α-hetero) is 1. The zero-order valence-corrected chi connectivity index (χ0v) is 10.9. The van der Waals surface area contributed by atoms with Gasteiger partial charge in [0.05, 0.1) is 6.54 Å². The smallest absolute Gasteiger partial charge is 0.151 e. The lowest BCUT2D eigenvalue weighted by Gasteiger charge is -2.09. The maximum absolute atomic E-state index is 11.2. The number of carbonyl (C=O) groups is 1. The van der Waals surface area contributed by atoms with Crippen molar-refractivity contribution in [2.45, 2.75) is 46.6 Å². The molecule has 0 saturated heterocycles. The number of carbonyl (C=O) groups excluding carboxylic acids is 1. The number of ketones is 1. The van der Waals surface area contributed by atoms with Crippen molar-refractivity contribution in [3.05, 3.63) is 23.5 Å². The van der Waals surface area contributed by atoms with E-state index in [9.17, 15) is 9.90 Å². The van der Waals surface area contributed by atoms with Crippen LogP contribution in [0.25, 0.3) is 5.76 Å². The van der Waals surface area contributed by atoms with Crippen LogP contribution in [0, 0.1) is 0 Å². The summed E-state index contributed by atoms with van der Waals surface area (Å²) in [4.78, 5) is 11.2. The summed E-state index contributed by atoms with van der Waals surface area (Å²) in [5, 5.41) is 13.9. The van der Waals surface area contributed by atoms with E-state index in [1.165, 1.54) is 6.92 Å². The Kier molecular flexibility index (Phi) is 4.10. The summed E-state index contributed by atoms with van der Waals surface area (Å²) in [6.07, 6.45) is 0.779. The summed E-state index contributed by atoms with van der Waals surface area (Å²) < 4.78 is 1.68. The molecule has 0 atom stereocenters. The summed E-state index contributed by atoms with van der Waals surface area (Å²) in [6, 6.07) is 0. The van der Waals surface area contributed by atoms with Gasteiger partial charge >= 0.3 is 0 Å². The maximum atomic E-state index is 11.2. The Morgan fingerprint density at radius 2 is 2.12 bits per heavy atom. The maximum Gasteiger partial charge on any atom is 0.151 e. The SMILES string of the molecule is C=C(O)c1nn(CC(C)=O)c(CC)c1C(C)C. The highest BCUT2D eigenvalue weighted by Gasteiger charge is 2.21. The van der Waals surface area contributed by atoms with Crippen LogP contribution < -0.4 is 0 Å². The van der Waals surface area contributed by atoms with E-state index in [4.69, 9.17) is 0 Å². The molecule has 1 aromatic rings. The average Bonchev–Trinajstić information content (AvgIpc) is 2.55.